The fraction of sp³-hybridized carbons (Fsp3) is 0.312. The highest BCUT2D eigenvalue weighted by Gasteiger charge is 2.23. The van der Waals surface area contributed by atoms with Crippen molar-refractivity contribution in [3.05, 3.63) is 34.9 Å². The summed E-state index contributed by atoms with van der Waals surface area (Å²) in [7, 11) is 0. The summed E-state index contributed by atoms with van der Waals surface area (Å²) in [5, 5.41) is 19.1. The smallest absolute Gasteiger partial charge is 0.312 e. The number of carbonyl (C=O) groups excluding carboxylic acids is 3. The van der Waals surface area contributed by atoms with E-state index in [1.165, 1.54) is 6.92 Å². The number of nitrogens with one attached hydrogen (secondary N) is 2. The van der Waals surface area contributed by atoms with Crippen LogP contribution in [-0.4, -0.2) is 30.1 Å². The molecule has 0 saturated carbocycles. The van der Waals surface area contributed by atoms with Gasteiger partial charge in [0.1, 0.15) is 5.92 Å². The summed E-state index contributed by atoms with van der Waals surface area (Å²) in [6, 6.07) is 6.50. The summed E-state index contributed by atoms with van der Waals surface area (Å²) in [5.41, 5.74) is 5.56. The van der Waals surface area contributed by atoms with Crippen molar-refractivity contribution in [2.75, 3.05) is 6.61 Å². The predicted molar refractivity (Wildman–Crippen MR) is 90.0 cm³/mol. The molecule has 0 aliphatic carbocycles. The molecule has 1 unspecified atom stereocenters. The number of benzene rings is 1. The first kappa shape index (κ1) is 20.1. The van der Waals surface area contributed by atoms with Crippen LogP contribution in [0.3, 0.4) is 0 Å². The molecule has 0 aromatic heterocycles. The van der Waals surface area contributed by atoms with E-state index in [1.807, 2.05) is 0 Å². The maximum Gasteiger partial charge on any atom is 0.312 e. The number of hydrogen-bond acceptors (Lipinski definition) is 6. The minimum Gasteiger partial charge on any atom is -0.458 e. The Morgan fingerprint density at radius 3 is 2.44 bits per heavy atom. The second-order valence-electron chi connectivity index (χ2n) is 5.19. The van der Waals surface area contributed by atoms with Crippen molar-refractivity contribution in [3.63, 3.8) is 0 Å². The van der Waals surface area contributed by atoms with Crippen LogP contribution < -0.4 is 11.1 Å². The van der Waals surface area contributed by atoms with E-state index in [9.17, 15) is 14.4 Å². The van der Waals surface area contributed by atoms with Crippen molar-refractivity contribution in [1.82, 2.24) is 5.32 Å². The van der Waals surface area contributed by atoms with E-state index < -0.39 is 36.4 Å². The van der Waals surface area contributed by atoms with Gasteiger partial charge >= 0.3 is 12.0 Å². The molecule has 2 amide bonds. The largest absolute Gasteiger partial charge is 0.458 e. The van der Waals surface area contributed by atoms with Gasteiger partial charge in [0.15, 0.2) is 12.4 Å². The van der Waals surface area contributed by atoms with Gasteiger partial charge in [-0.15, -0.1) is 0 Å². The first-order valence-electron chi connectivity index (χ1n) is 7.19. The number of primary amides is 1. The Morgan fingerprint density at radius 1 is 1.36 bits per heavy atom. The number of carbonyl (C=O) groups is 3. The number of ketones is 1. The third-order valence-corrected chi connectivity index (χ3v) is 3.47. The molecule has 0 saturated heterocycles. The van der Waals surface area contributed by atoms with Gasteiger partial charge in [0, 0.05) is 10.7 Å². The first-order valence-corrected chi connectivity index (χ1v) is 7.56. The van der Waals surface area contributed by atoms with Crippen LogP contribution in [-0.2, 0) is 14.3 Å². The van der Waals surface area contributed by atoms with Gasteiger partial charge in [0.25, 0.3) is 0 Å². The number of urea groups is 1. The third kappa shape index (κ3) is 6.61. The van der Waals surface area contributed by atoms with Crippen LogP contribution in [0.1, 0.15) is 24.9 Å². The molecular weight excluding hydrogens is 348 g/mol. The van der Waals surface area contributed by atoms with Crippen LogP contribution in [0.2, 0.25) is 5.02 Å². The second kappa shape index (κ2) is 9.39. The Bertz CT molecular complexity index is 712. The normalized spacial score (nSPS) is 12.4. The molecule has 8 nitrogen and oxygen atoms in total. The molecule has 2 atom stereocenters. The number of hydrogen-bond donors (Lipinski definition) is 3. The van der Waals surface area contributed by atoms with Crippen LogP contribution in [0.15, 0.2) is 24.3 Å². The number of amides is 2. The van der Waals surface area contributed by atoms with Crippen LogP contribution in [0.25, 0.3) is 0 Å². The average molecular weight is 365 g/mol. The molecule has 0 fully saturated rings. The molecule has 1 aromatic rings. The van der Waals surface area contributed by atoms with Crippen LogP contribution in [0.4, 0.5) is 4.79 Å². The van der Waals surface area contributed by atoms with E-state index in [1.54, 1.807) is 30.3 Å². The lowest BCUT2D eigenvalue weighted by atomic mass is 10.0. The first-order chi connectivity index (χ1) is 11.7. The number of nitrogens with two attached hydrogens (primary N) is 1. The molecule has 4 N–H and O–H groups in total. The third-order valence-electron chi connectivity index (χ3n) is 3.22. The number of rotatable bonds is 8. The molecule has 0 bridgehead atoms. The zero-order valence-electron chi connectivity index (χ0n) is 13.4. The molecular formula is C16H17ClN4O4. The summed E-state index contributed by atoms with van der Waals surface area (Å²) in [6.07, 6.45) is -0.265. The van der Waals surface area contributed by atoms with Gasteiger partial charge in [-0.3, -0.25) is 9.59 Å². The number of Topliss-reactive ketones (excluding diaryl/α,β-unsaturated/α-hetero) is 1. The lowest BCUT2D eigenvalue weighted by Gasteiger charge is -2.17. The maximum atomic E-state index is 11.9. The summed E-state index contributed by atoms with van der Waals surface area (Å²) >= 11 is 5.80. The Balaban J connectivity index is 2.71. The van der Waals surface area contributed by atoms with Crippen molar-refractivity contribution < 1.29 is 19.1 Å². The number of nitriles is 1. The Morgan fingerprint density at radius 2 is 1.96 bits per heavy atom. The molecule has 25 heavy (non-hydrogen) atoms. The van der Waals surface area contributed by atoms with E-state index >= 15 is 0 Å². The molecule has 0 heterocycles. The highest BCUT2D eigenvalue weighted by molar-refractivity contribution is 6.30. The van der Waals surface area contributed by atoms with Gasteiger partial charge in [-0.25, -0.2) is 4.79 Å². The van der Waals surface area contributed by atoms with Gasteiger partial charge < -0.3 is 21.2 Å². The van der Waals surface area contributed by atoms with E-state index in [0.717, 1.165) is 0 Å². The van der Waals surface area contributed by atoms with Crippen LogP contribution in [0, 0.1) is 22.7 Å². The molecule has 0 aliphatic heterocycles. The van der Waals surface area contributed by atoms with Crippen molar-refractivity contribution in [3.8, 4) is 6.07 Å². The lowest BCUT2D eigenvalue weighted by molar-refractivity contribution is -0.148. The standard InChI is InChI=1S/C16H17ClN4O4/c1-9(19)12(7-18)14(22)8-25-15(23)6-13(21-16(20)24)10-2-4-11(17)5-3-10/h2-5,12-13,19H,6,8H2,1H3,(H3,20,21,24)/t12?,13-/m1/s1. The molecule has 0 spiro atoms. The molecule has 0 aliphatic rings. The Kier molecular flexibility index (Phi) is 7.56. The van der Waals surface area contributed by atoms with Crippen molar-refractivity contribution in [2.24, 2.45) is 11.7 Å². The zero-order valence-corrected chi connectivity index (χ0v) is 14.2. The van der Waals surface area contributed by atoms with E-state index in [2.05, 4.69) is 5.32 Å². The molecule has 9 heteroatoms. The van der Waals surface area contributed by atoms with Gasteiger partial charge in [0.05, 0.1) is 18.5 Å². The molecule has 0 radical (unpaired) electrons. The highest BCUT2D eigenvalue weighted by Crippen LogP contribution is 2.20. The number of nitrogens with zero attached hydrogens (tertiary/aromatic N) is 1. The minimum absolute atomic E-state index is 0.127. The highest BCUT2D eigenvalue weighted by atomic mass is 35.5. The van der Waals surface area contributed by atoms with E-state index in [0.29, 0.717) is 10.6 Å². The number of halogens is 1. The Labute approximate surface area is 149 Å². The summed E-state index contributed by atoms with van der Waals surface area (Å²) in [4.78, 5) is 34.8. The average Bonchev–Trinajstić information content (AvgIpc) is 2.53. The monoisotopic (exact) mass is 364 g/mol. The summed E-state index contributed by atoms with van der Waals surface area (Å²) in [5.74, 6) is -2.70. The lowest BCUT2D eigenvalue weighted by Crippen LogP contribution is -2.35. The minimum atomic E-state index is -1.25. The van der Waals surface area contributed by atoms with Gasteiger partial charge in [-0.05, 0) is 24.6 Å². The zero-order chi connectivity index (χ0) is 19.0. The molecule has 1 aromatic carbocycles. The fourth-order valence-electron chi connectivity index (χ4n) is 1.99. The number of esters is 1. The SMILES string of the molecule is CC(=N)C(C#N)C(=O)COC(=O)C[C@@H](NC(N)=O)c1ccc(Cl)cc1. The Hall–Kier alpha value is -2.92. The van der Waals surface area contributed by atoms with Gasteiger partial charge in [-0.1, -0.05) is 23.7 Å². The van der Waals surface area contributed by atoms with Crippen molar-refractivity contribution >= 4 is 35.1 Å². The van der Waals surface area contributed by atoms with Gasteiger partial charge in [0.2, 0.25) is 0 Å². The fourth-order valence-corrected chi connectivity index (χ4v) is 2.12. The second-order valence-corrected chi connectivity index (χ2v) is 5.63. The molecule has 1 rings (SSSR count). The van der Waals surface area contributed by atoms with Crippen molar-refractivity contribution in [2.45, 2.75) is 19.4 Å². The summed E-state index contributed by atoms with van der Waals surface area (Å²) < 4.78 is 4.84. The van der Waals surface area contributed by atoms with Crippen molar-refractivity contribution in [1.29, 1.82) is 10.7 Å². The topological polar surface area (TPSA) is 146 Å². The maximum absolute atomic E-state index is 11.9. The predicted octanol–water partition coefficient (Wildman–Crippen LogP) is 1.73. The van der Waals surface area contributed by atoms with E-state index in [4.69, 9.17) is 32.7 Å². The number of ether oxygens (including phenoxy) is 1. The van der Waals surface area contributed by atoms with Crippen LogP contribution >= 0.6 is 11.6 Å². The van der Waals surface area contributed by atoms with Crippen LogP contribution in [0.5, 0.6) is 0 Å². The quantitative estimate of drug-likeness (QED) is 0.474. The molecule has 132 valence electrons. The summed E-state index contributed by atoms with van der Waals surface area (Å²) in [6.45, 7) is 0.693. The van der Waals surface area contributed by atoms with E-state index in [-0.39, 0.29) is 12.1 Å². The van der Waals surface area contributed by atoms with Gasteiger partial charge in [-0.2, -0.15) is 5.26 Å².